The molecule has 3 heterocycles. The molecule has 0 N–H and O–H groups in total. The molecule has 1 atom stereocenters. The number of aryl methyl sites for hydroxylation is 1. The van der Waals surface area contributed by atoms with Crippen LogP contribution in [0.5, 0.6) is 0 Å². The van der Waals surface area contributed by atoms with Crippen molar-refractivity contribution in [1.29, 1.82) is 0 Å². The zero-order chi connectivity index (χ0) is 22.5. The number of imidazole rings is 1. The molecule has 3 aromatic rings. The molecule has 0 aliphatic carbocycles. The highest BCUT2D eigenvalue weighted by molar-refractivity contribution is 5.94. The summed E-state index contributed by atoms with van der Waals surface area (Å²) >= 11 is 0. The third-order valence-electron chi connectivity index (χ3n) is 6.45. The Morgan fingerprint density at radius 2 is 2.03 bits per heavy atom. The van der Waals surface area contributed by atoms with Gasteiger partial charge in [-0.2, -0.15) is 0 Å². The number of hydrogen-bond acceptors (Lipinski definition) is 4. The predicted octanol–water partition coefficient (Wildman–Crippen LogP) is 3.82. The number of likely N-dealkylation sites (N-methyl/N-ethyl adjacent to an activating group) is 1. The van der Waals surface area contributed by atoms with Crippen LogP contribution in [0.2, 0.25) is 0 Å². The Morgan fingerprint density at radius 3 is 2.81 bits per heavy atom. The van der Waals surface area contributed by atoms with E-state index in [-0.39, 0.29) is 5.91 Å². The van der Waals surface area contributed by atoms with Gasteiger partial charge in [-0.05, 0) is 55.8 Å². The molecule has 0 bridgehead atoms. The lowest BCUT2D eigenvalue weighted by atomic mass is 9.99. The molecule has 170 valence electrons. The van der Waals surface area contributed by atoms with Gasteiger partial charge in [-0.15, -0.1) is 0 Å². The molecule has 1 fully saturated rings. The van der Waals surface area contributed by atoms with Gasteiger partial charge < -0.3 is 14.0 Å². The fraction of sp³-hybridized carbons (Fsp3) is 0.462. The number of fused-ring (bicyclic) bond motifs is 1. The normalized spacial score (nSPS) is 17.0. The summed E-state index contributed by atoms with van der Waals surface area (Å²) in [6.07, 6.45) is 5.21. The summed E-state index contributed by atoms with van der Waals surface area (Å²) in [5.74, 6) is 0.534. The molecule has 0 radical (unpaired) electrons. The van der Waals surface area contributed by atoms with Crippen LogP contribution in [0, 0.1) is 12.8 Å². The van der Waals surface area contributed by atoms with Crippen LogP contribution in [0.4, 0.5) is 0 Å². The molecular formula is C26H34N4O2. The van der Waals surface area contributed by atoms with E-state index in [0.717, 1.165) is 56.0 Å². The number of amides is 1. The van der Waals surface area contributed by atoms with Crippen molar-refractivity contribution in [3.63, 3.8) is 0 Å². The summed E-state index contributed by atoms with van der Waals surface area (Å²) in [7, 11) is 3.65. The van der Waals surface area contributed by atoms with E-state index < -0.39 is 0 Å². The van der Waals surface area contributed by atoms with Crippen LogP contribution in [-0.2, 0) is 17.7 Å². The number of aromatic nitrogens is 2. The van der Waals surface area contributed by atoms with Gasteiger partial charge in [0, 0.05) is 40.0 Å². The fourth-order valence-electron chi connectivity index (χ4n) is 4.68. The van der Waals surface area contributed by atoms with Crippen molar-refractivity contribution in [1.82, 2.24) is 19.2 Å². The lowest BCUT2D eigenvalue weighted by molar-refractivity contribution is 0.0777. The number of carbonyl (C=O) groups excluding carboxylic acids is 1. The Balaban J connectivity index is 1.57. The van der Waals surface area contributed by atoms with Gasteiger partial charge in [0.25, 0.3) is 5.91 Å². The lowest BCUT2D eigenvalue weighted by Crippen LogP contribution is -2.37. The molecule has 32 heavy (non-hydrogen) atoms. The molecule has 1 aromatic carbocycles. The van der Waals surface area contributed by atoms with Crippen LogP contribution < -0.4 is 0 Å². The molecule has 1 aliphatic rings. The molecule has 6 nitrogen and oxygen atoms in total. The Kier molecular flexibility index (Phi) is 7.22. The lowest BCUT2D eigenvalue weighted by Gasteiger charge is -2.32. The van der Waals surface area contributed by atoms with E-state index in [1.54, 1.807) is 12.0 Å². The van der Waals surface area contributed by atoms with E-state index in [9.17, 15) is 4.79 Å². The van der Waals surface area contributed by atoms with Crippen molar-refractivity contribution in [2.75, 3.05) is 40.4 Å². The molecular weight excluding hydrogens is 400 g/mol. The predicted molar refractivity (Wildman–Crippen MR) is 127 cm³/mol. The first-order chi connectivity index (χ1) is 15.6. The van der Waals surface area contributed by atoms with E-state index in [4.69, 9.17) is 9.72 Å². The largest absolute Gasteiger partial charge is 0.384 e. The minimum Gasteiger partial charge on any atom is -0.384 e. The van der Waals surface area contributed by atoms with Crippen molar-refractivity contribution in [3.05, 3.63) is 71.2 Å². The molecule has 0 unspecified atom stereocenters. The molecule has 4 rings (SSSR count). The summed E-state index contributed by atoms with van der Waals surface area (Å²) in [6, 6.07) is 14.4. The standard InChI is InChI=1S/C26H34N4O2/c1-20-9-7-15-30-23(18-29-14-8-12-22(17-29)19-32-3)24(27-25(20)30)26(31)28(2)16-13-21-10-5-4-6-11-21/h4-7,9-11,15,22H,8,12-14,16-19H2,1-3H3/t22-/m1/s1. The zero-order valence-electron chi connectivity index (χ0n) is 19.5. The Bertz CT molecular complexity index is 1040. The van der Waals surface area contributed by atoms with Gasteiger partial charge in [0.2, 0.25) is 0 Å². The third kappa shape index (κ3) is 5.03. The highest BCUT2D eigenvalue weighted by Gasteiger charge is 2.26. The van der Waals surface area contributed by atoms with E-state index in [0.29, 0.717) is 18.2 Å². The van der Waals surface area contributed by atoms with Crippen LogP contribution >= 0.6 is 0 Å². The van der Waals surface area contributed by atoms with E-state index >= 15 is 0 Å². The Labute approximate surface area is 190 Å². The van der Waals surface area contributed by atoms with Gasteiger partial charge in [0.05, 0.1) is 12.3 Å². The maximum Gasteiger partial charge on any atom is 0.274 e. The van der Waals surface area contributed by atoms with Crippen LogP contribution in [0.1, 0.15) is 40.2 Å². The van der Waals surface area contributed by atoms with Crippen LogP contribution in [0.3, 0.4) is 0 Å². The smallest absolute Gasteiger partial charge is 0.274 e. The third-order valence-corrected chi connectivity index (χ3v) is 6.45. The summed E-state index contributed by atoms with van der Waals surface area (Å²) in [4.78, 5) is 22.6. The second-order valence-electron chi connectivity index (χ2n) is 8.95. The van der Waals surface area contributed by atoms with Gasteiger partial charge in [-0.3, -0.25) is 9.69 Å². The van der Waals surface area contributed by atoms with E-state index in [1.807, 2.05) is 37.5 Å². The van der Waals surface area contributed by atoms with Crippen molar-refractivity contribution in [2.24, 2.45) is 5.92 Å². The molecule has 1 aliphatic heterocycles. The second kappa shape index (κ2) is 10.3. The van der Waals surface area contributed by atoms with E-state index in [2.05, 4.69) is 34.4 Å². The van der Waals surface area contributed by atoms with Crippen LogP contribution in [-0.4, -0.2) is 65.5 Å². The number of pyridine rings is 1. The van der Waals surface area contributed by atoms with Crippen molar-refractivity contribution in [2.45, 2.75) is 32.7 Å². The number of rotatable bonds is 8. The summed E-state index contributed by atoms with van der Waals surface area (Å²) < 4.78 is 7.51. The highest BCUT2D eigenvalue weighted by atomic mass is 16.5. The topological polar surface area (TPSA) is 50.1 Å². The highest BCUT2D eigenvalue weighted by Crippen LogP contribution is 2.23. The van der Waals surface area contributed by atoms with Crippen molar-refractivity contribution in [3.8, 4) is 0 Å². The maximum absolute atomic E-state index is 13.5. The number of benzene rings is 1. The quantitative estimate of drug-likeness (QED) is 0.541. The SMILES string of the molecule is COC[C@@H]1CCCN(Cc2c(C(=O)N(C)CCc3ccccc3)nc3c(C)cccn23)C1. The van der Waals surface area contributed by atoms with Crippen LogP contribution in [0.15, 0.2) is 48.7 Å². The van der Waals surface area contributed by atoms with Gasteiger partial charge in [-0.1, -0.05) is 36.4 Å². The van der Waals surface area contributed by atoms with E-state index in [1.165, 1.54) is 12.0 Å². The Hall–Kier alpha value is -2.70. The summed E-state index contributed by atoms with van der Waals surface area (Å²) in [5.41, 5.74) is 4.74. The first-order valence-corrected chi connectivity index (χ1v) is 11.5. The first kappa shape index (κ1) is 22.5. The van der Waals surface area contributed by atoms with Crippen molar-refractivity contribution < 1.29 is 9.53 Å². The number of carbonyl (C=O) groups is 1. The monoisotopic (exact) mass is 434 g/mol. The van der Waals surface area contributed by atoms with Crippen molar-refractivity contribution >= 4 is 11.6 Å². The van der Waals surface area contributed by atoms with Gasteiger partial charge in [0.1, 0.15) is 5.65 Å². The molecule has 2 aromatic heterocycles. The zero-order valence-corrected chi connectivity index (χ0v) is 19.5. The minimum absolute atomic E-state index is 0.00974. The average molecular weight is 435 g/mol. The number of methoxy groups -OCH3 is 1. The average Bonchev–Trinajstić information content (AvgIpc) is 3.18. The molecule has 6 heteroatoms. The molecule has 0 spiro atoms. The summed E-state index contributed by atoms with van der Waals surface area (Å²) in [6.45, 7) is 6.25. The van der Waals surface area contributed by atoms with Gasteiger partial charge in [0.15, 0.2) is 5.69 Å². The number of ether oxygens (including phenoxy) is 1. The molecule has 1 saturated heterocycles. The summed E-state index contributed by atoms with van der Waals surface area (Å²) in [5, 5.41) is 0. The molecule has 1 amide bonds. The molecule has 0 saturated carbocycles. The first-order valence-electron chi connectivity index (χ1n) is 11.5. The minimum atomic E-state index is -0.00974. The number of hydrogen-bond donors (Lipinski definition) is 0. The second-order valence-corrected chi connectivity index (χ2v) is 8.95. The number of nitrogens with zero attached hydrogens (tertiary/aromatic N) is 4. The van der Waals surface area contributed by atoms with Gasteiger partial charge in [-0.25, -0.2) is 4.98 Å². The van der Waals surface area contributed by atoms with Gasteiger partial charge >= 0.3 is 0 Å². The number of likely N-dealkylation sites (tertiary alicyclic amines) is 1. The number of piperidine rings is 1. The van der Waals surface area contributed by atoms with Crippen LogP contribution in [0.25, 0.3) is 5.65 Å². The fourth-order valence-corrected chi connectivity index (χ4v) is 4.68. The Morgan fingerprint density at radius 1 is 1.22 bits per heavy atom. The maximum atomic E-state index is 13.5.